The molecule has 0 amide bonds. The Morgan fingerprint density at radius 2 is 1.79 bits per heavy atom. The zero-order valence-electron chi connectivity index (χ0n) is 18.7. The highest BCUT2D eigenvalue weighted by molar-refractivity contribution is 7.88. The third kappa shape index (κ3) is 3.69. The molecule has 2 aromatic rings. The largest absolute Gasteiger partial charge is 0.534 e. The van der Waals surface area contributed by atoms with Crippen molar-refractivity contribution >= 4 is 15.7 Å². The van der Waals surface area contributed by atoms with Crippen LogP contribution in [-0.2, 0) is 16.5 Å². The molecular weight excluding hydrogens is 449 g/mol. The minimum absolute atomic E-state index is 0.123. The normalized spacial score (nSPS) is 29.0. The summed E-state index contributed by atoms with van der Waals surface area (Å²) in [5.74, 6) is 1.10. The monoisotopic (exact) mass is 476 g/mol. The van der Waals surface area contributed by atoms with Crippen molar-refractivity contribution in [2.45, 2.75) is 57.4 Å². The van der Waals surface area contributed by atoms with Gasteiger partial charge in [0.05, 0.1) is 0 Å². The van der Waals surface area contributed by atoms with Crippen molar-refractivity contribution in [2.24, 2.45) is 17.3 Å². The highest BCUT2D eigenvalue weighted by Gasteiger charge is 2.52. The first-order valence-corrected chi connectivity index (χ1v) is 12.8. The number of hydrogen-bond acceptors (Lipinski definition) is 3. The number of fused-ring (bicyclic) bond motifs is 5. The topological polar surface area (TPSA) is 43.4 Å². The van der Waals surface area contributed by atoms with Crippen molar-refractivity contribution < 1.29 is 25.8 Å². The summed E-state index contributed by atoms with van der Waals surface area (Å²) in [6.07, 6.45) is 7.18. The average Bonchev–Trinajstić information content (AvgIpc) is 3.10. The molecule has 1 fully saturated rings. The number of hydrogen-bond donors (Lipinski definition) is 0. The van der Waals surface area contributed by atoms with Crippen LogP contribution in [0.4, 0.5) is 13.2 Å². The molecule has 4 atom stereocenters. The van der Waals surface area contributed by atoms with Crippen molar-refractivity contribution in [3.8, 4) is 5.75 Å². The van der Waals surface area contributed by atoms with E-state index in [-0.39, 0.29) is 11.2 Å². The first kappa shape index (κ1) is 22.5. The average molecular weight is 477 g/mol. The predicted octanol–water partition coefficient (Wildman–Crippen LogP) is 6.77. The molecule has 7 heteroatoms. The molecule has 1 saturated carbocycles. The van der Waals surface area contributed by atoms with E-state index in [2.05, 4.69) is 48.4 Å². The Balaban J connectivity index is 1.39. The van der Waals surface area contributed by atoms with Gasteiger partial charge in [0.1, 0.15) is 5.75 Å². The predicted molar refractivity (Wildman–Crippen MR) is 121 cm³/mol. The van der Waals surface area contributed by atoms with Gasteiger partial charge in [-0.05, 0) is 96.6 Å². The summed E-state index contributed by atoms with van der Waals surface area (Å²) >= 11 is 0. The standard InChI is InChI=1S/C26H27F3O3S/c1-16-3-5-17(6-4-16)23-11-12-24-22-9-7-18-15-19(32-33(30,31)26(27,28)29)8-10-20(18)21(22)13-14-25(23,24)2/h3-6,8,10-11,15,21-22,24H,7,9,12-14H2,1-2H3/t21-,22-,24+,25-/m1/s1. The van der Waals surface area contributed by atoms with Crippen LogP contribution in [0.25, 0.3) is 5.57 Å². The Kier molecular flexibility index (Phi) is 5.20. The number of aryl methyl sites for hydroxylation is 2. The van der Waals surface area contributed by atoms with Gasteiger partial charge in [0.2, 0.25) is 0 Å². The van der Waals surface area contributed by atoms with E-state index in [1.54, 1.807) is 6.07 Å². The lowest BCUT2D eigenvalue weighted by molar-refractivity contribution is -0.0500. The lowest BCUT2D eigenvalue weighted by atomic mass is 9.54. The molecule has 0 radical (unpaired) electrons. The Morgan fingerprint density at radius 3 is 2.48 bits per heavy atom. The van der Waals surface area contributed by atoms with Crippen LogP contribution in [-0.4, -0.2) is 13.9 Å². The van der Waals surface area contributed by atoms with Crippen LogP contribution in [0.3, 0.4) is 0 Å². The second-order valence-corrected chi connectivity index (χ2v) is 11.5. The van der Waals surface area contributed by atoms with Gasteiger partial charge in [-0.3, -0.25) is 0 Å². The minimum Gasteiger partial charge on any atom is -0.376 e. The van der Waals surface area contributed by atoms with Crippen molar-refractivity contribution in [2.75, 3.05) is 0 Å². The van der Waals surface area contributed by atoms with Crippen LogP contribution >= 0.6 is 0 Å². The van der Waals surface area contributed by atoms with Gasteiger partial charge < -0.3 is 4.18 Å². The first-order valence-electron chi connectivity index (χ1n) is 11.4. The van der Waals surface area contributed by atoms with Gasteiger partial charge in [0.15, 0.2) is 0 Å². The molecule has 3 nitrogen and oxygen atoms in total. The molecule has 0 bridgehead atoms. The van der Waals surface area contributed by atoms with Crippen LogP contribution in [0.1, 0.15) is 60.8 Å². The summed E-state index contributed by atoms with van der Waals surface area (Å²) in [6, 6.07) is 13.4. The molecular formula is C26H27F3O3S. The van der Waals surface area contributed by atoms with Crippen LogP contribution in [0.2, 0.25) is 0 Å². The maximum atomic E-state index is 12.7. The minimum atomic E-state index is -5.66. The van der Waals surface area contributed by atoms with Crippen molar-refractivity contribution in [3.05, 3.63) is 70.8 Å². The Labute approximate surface area is 192 Å². The van der Waals surface area contributed by atoms with Crippen LogP contribution < -0.4 is 4.18 Å². The molecule has 5 rings (SSSR count). The molecule has 0 aromatic heterocycles. The van der Waals surface area contributed by atoms with E-state index in [1.807, 2.05) is 0 Å². The van der Waals surface area contributed by atoms with E-state index in [1.165, 1.54) is 28.8 Å². The Morgan fingerprint density at radius 1 is 1.06 bits per heavy atom. The highest BCUT2D eigenvalue weighted by Crippen LogP contribution is 2.63. The fourth-order valence-corrected chi connectivity index (χ4v) is 6.98. The second-order valence-electron chi connectivity index (χ2n) is 9.94. The quantitative estimate of drug-likeness (QED) is 0.363. The first-order chi connectivity index (χ1) is 15.5. The Hall–Kier alpha value is -2.28. The van der Waals surface area contributed by atoms with E-state index < -0.39 is 15.6 Å². The molecule has 0 N–H and O–H groups in total. The van der Waals surface area contributed by atoms with E-state index in [9.17, 15) is 21.6 Å². The zero-order chi connectivity index (χ0) is 23.6. The van der Waals surface area contributed by atoms with E-state index in [0.29, 0.717) is 24.2 Å². The van der Waals surface area contributed by atoms with Crippen molar-refractivity contribution in [1.82, 2.24) is 0 Å². The molecule has 3 aliphatic carbocycles. The van der Waals surface area contributed by atoms with Gasteiger partial charge in [0.25, 0.3) is 0 Å². The lowest BCUT2D eigenvalue weighted by Crippen LogP contribution is -2.40. The zero-order valence-corrected chi connectivity index (χ0v) is 19.5. The van der Waals surface area contributed by atoms with Gasteiger partial charge >= 0.3 is 15.6 Å². The molecule has 176 valence electrons. The summed E-state index contributed by atoms with van der Waals surface area (Å²) in [5.41, 5.74) is 0.710. The summed E-state index contributed by atoms with van der Waals surface area (Å²) in [6.45, 7) is 4.48. The number of halogens is 3. The summed E-state index contributed by atoms with van der Waals surface area (Å²) < 4.78 is 65.2. The van der Waals surface area contributed by atoms with E-state index in [0.717, 1.165) is 36.8 Å². The van der Waals surface area contributed by atoms with Gasteiger partial charge in [-0.15, -0.1) is 0 Å². The Bertz CT molecular complexity index is 1210. The molecule has 0 unspecified atom stereocenters. The SMILES string of the molecule is Cc1ccc(C2=CC[C@H]3[C@@H]4CCc5cc(OS(=O)(=O)C(F)(F)F)ccc5[C@H]4CC[C@]23C)cc1. The molecule has 2 aromatic carbocycles. The molecule has 0 saturated heterocycles. The summed E-state index contributed by atoms with van der Waals surface area (Å²) in [4.78, 5) is 0. The van der Waals surface area contributed by atoms with E-state index in [4.69, 9.17) is 0 Å². The van der Waals surface area contributed by atoms with Gasteiger partial charge in [-0.25, -0.2) is 0 Å². The third-order valence-corrected chi connectivity index (χ3v) is 9.11. The molecule has 0 heterocycles. The molecule has 0 spiro atoms. The number of alkyl halides is 3. The summed E-state index contributed by atoms with van der Waals surface area (Å²) in [5, 5.41) is 0. The smallest absolute Gasteiger partial charge is 0.376 e. The van der Waals surface area contributed by atoms with Gasteiger partial charge in [-0.2, -0.15) is 21.6 Å². The molecule has 3 aliphatic rings. The van der Waals surface area contributed by atoms with Crippen LogP contribution in [0.15, 0.2) is 48.5 Å². The van der Waals surface area contributed by atoms with Crippen LogP contribution in [0, 0.1) is 24.2 Å². The lowest BCUT2D eigenvalue weighted by Gasteiger charge is -2.50. The maximum absolute atomic E-state index is 12.7. The second kappa shape index (κ2) is 7.62. The molecule has 33 heavy (non-hydrogen) atoms. The number of rotatable bonds is 3. The van der Waals surface area contributed by atoms with E-state index >= 15 is 0 Å². The van der Waals surface area contributed by atoms with Crippen molar-refractivity contribution in [1.29, 1.82) is 0 Å². The summed E-state index contributed by atoms with van der Waals surface area (Å²) in [7, 11) is -5.66. The fraction of sp³-hybridized carbons (Fsp3) is 0.462. The fourth-order valence-electron chi connectivity index (χ4n) is 6.53. The van der Waals surface area contributed by atoms with Gasteiger partial charge in [-0.1, -0.05) is 48.9 Å². The van der Waals surface area contributed by atoms with Gasteiger partial charge in [0, 0.05) is 0 Å². The van der Waals surface area contributed by atoms with Crippen molar-refractivity contribution in [3.63, 3.8) is 0 Å². The number of benzene rings is 2. The third-order valence-electron chi connectivity index (χ3n) is 8.13. The highest BCUT2D eigenvalue weighted by atomic mass is 32.2. The number of allylic oxidation sites excluding steroid dienone is 2. The maximum Gasteiger partial charge on any atom is 0.534 e. The molecule has 0 aliphatic heterocycles. The van der Waals surface area contributed by atoms with Crippen LogP contribution in [0.5, 0.6) is 5.75 Å².